The van der Waals surface area contributed by atoms with Crippen molar-refractivity contribution in [3.63, 3.8) is 0 Å². The molecule has 1 heterocycles. The Hall–Kier alpha value is -3.61. The van der Waals surface area contributed by atoms with E-state index >= 15 is 0 Å². The zero-order valence-electron chi connectivity index (χ0n) is 14.8. The summed E-state index contributed by atoms with van der Waals surface area (Å²) in [6, 6.07) is 15.9. The molecule has 0 fully saturated rings. The van der Waals surface area contributed by atoms with Crippen molar-refractivity contribution in [2.45, 2.75) is 13.3 Å². The number of hydrogen-bond acceptors (Lipinski definition) is 5. The van der Waals surface area contributed by atoms with Crippen LogP contribution in [0.3, 0.4) is 0 Å². The second-order valence-corrected chi connectivity index (χ2v) is 5.80. The average molecular weight is 364 g/mol. The molecule has 3 rings (SSSR count). The maximum atomic E-state index is 12.2. The van der Waals surface area contributed by atoms with Gasteiger partial charge >= 0.3 is 0 Å². The summed E-state index contributed by atoms with van der Waals surface area (Å²) in [6.45, 7) is 2.73. The van der Waals surface area contributed by atoms with Crippen LogP contribution in [-0.2, 0) is 0 Å². The van der Waals surface area contributed by atoms with E-state index in [9.17, 15) is 9.90 Å². The number of carbonyl (C=O) groups is 1. The van der Waals surface area contributed by atoms with E-state index in [2.05, 4.69) is 27.6 Å². The molecule has 0 atom stereocenters. The molecular formula is C20H20N4O3. The van der Waals surface area contributed by atoms with Crippen LogP contribution in [-0.4, -0.2) is 34.0 Å². The Kier molecular flexibility index (Phi) is 5.84. The minimum atomic E-state index is -0.427. The fraction of sp³-hybridized carbons (Fsp3) is 0.150. The van der Waals surface area contributed by atoms with E-state index in [0.29, 0.717) is 17.9 Å². The number of phenolic OH excluding ortho intramolecular Hbond substituents is 1. The molecule has 0 saturated heterocycles. The molecule has 0 aliphatic carbocycles. The van der Waals surface area contributed by atoms with Gasteiger partial charge in [0.05, 0.1) is 18.5 Å². The van der Waals surface area contributed by atoms with E-state index in [4.69, 9.17) is 4.74 Å². The Labute approximate surface area is 156 Å². The van der Waals surface area contributed by atoms with Crippen molar-refractivity contribution in [3.05, 3.63) is 65.9 Å². The van der Waals surface area contributed by atoms with Gasteiger partial charge in [-0.25, -0.2) is 5.43 Å². The quantitative estimate of drug-likeness (QED) is 0.442. The molecule has 0 aliphatic heterocycles. The van der Waals surface area contributed by atoms with Crippen LogP contribution in [0.25, 0.3) is 11.3 Å². The number of phenols is 1. The van der Waals surface area contributed by atoms with Crippen LogP contribution in [0.5, 0.6) is 11.5 Å². The number of para-hydroxylation sites is 1. The first kappa shape index (κ1) is 18.2. The van der Waals surface area contributed by atoms with E-state index < -0.39 is 5.91 Å². The highest BCUT2D eigenvalue weighted by molar-refractivity contribution is 5.94. The molecule has 0 spiro atoms. The number of aromatic hydroxyl groups is 1. The van der Waals surface area contributed by atoms with Gasteiger partial charge in [0.25, 0.3) is 5.91 Å². The van der Waals surface area contributed by atoms with Crippen LogP contribution in [0.2, 0.25) is 0 Å². The molecule has 2 aromatic carbocycles. The number of aromatic nitrogens is 2. The molecule has 0 radical (unpaired) electrons. The molecule has 7 nitrogen and oxygen atoms in total. The molecule has 1 aromatic heterocycles. The molecule has 0 bridgehead atoms. The van der Waals surface area contributed by atoms with Crippen LogP contribution < -0.4 is 10.2 Å². The molecule has 3 N–H and O–H groups in total. The number of amides is 1. The predicted molar refractivity (Wildman–Crippen MR) is 103 cm³/mol. The number of hydrazone groups is 1. The van der Waals surface area contributed by atoms with Crippen molar-refractivity contribution in [1.82, 2.24) is 15.6 Å². The minimum Gasteiger partial charge on any atom is -0.507 e. The number of rotatable bonds is 7. The van der Waals surface area contributed by atoms with Crippen molar-refractivity contribution < 1.29 is 14.6 Å². The van der Waals surface area contributed by atoms with E-state index in [1.807, 2.05) is 24.3 Å². The third kappa shape index (κ3) is 4.72. The summed E-state index contributed by atoms with van der Waals surface area (Å²) < 4.78 is 5.55. The molecule has 138 valence electrons. The zero-order valence-corrected chi connectivity index (χ0v) is 14.8. The van der Waals surface area contributed by atoms with E-state index in [1.54, 1.807) is 30.3 Å². The fourth-order valence-electron chi connectivity index (χ4n) is 2.35. The second-order valence-electron chi connectivity index (χ2n) is 5.80. The van der Waals surface area contributed by atoms with Gasteiger partial charge in [-0.3, -0.25) is 9.89 Å². The number of H-pyrrole nitrogens is 1. The number of carbonyl (C=O) groups excluding carboxylic acids is 1. The lowest BCUT2D eigenvalue weighted by atomic mass is 10.1. The Morgan fingerprint density at radius 2 is 2.04 bits per heavy atom. The molecule has 0 unspecified atom stereocenters. The lowest BCUT2D eigenvalue weighted by Gasteiger charge is -2.04. The maximum Gasteiger partial charge on any atom is 0.289 e. The van der Waals surface area contributed by atoms with Gasteiger partial charge in [0.1, 0.15) is 17.2 Å². The van der Waals surface area contributed by atoms with Gasteiger partial charge in [-0.15, -0.1) is 0 Å². The van der Waals surface area contributed by atoms with Gasteiger partial charge in [0.2, 0.25) is 0 Å². The lowest BCUT2D eigenvalue weighted by molar-refractivity contribution is 0.0950. The molecule has 0 saturated carbocycles. The topological polar surface area (TPSA) is 99.6 Å². The first-order chi connectivity index (χ1) is 13.2. The van der Waals surface area contributed by atoms with Crippen LogP contribution >= 0.6 is 0 Å². The first-order valence-electron chi connectivity index (χ1n) is 8.57. The van der Waals surface area contributed by atoms with Gasteiger partial charge in [-0.2, -0.15) is 10.2 Å². The van der Waals surface area contributed by atoms with Gasteiger partial charge in [0.15, 0.2) is 0 Å². The Bertz CT molecular complexity index is 932. The number of nitrogens with one attached hydrogen (secondary N) is 2. The van der Waals surface area contributed by atoms with Crippen LogP contribution in [0.1, 0.15) is 29.4 Å². The van der Waals surface area contributed by atoms with Crippen molar-refractivity contribution in [1.29, 1.82) is 0 Å². The number of aromatic amines is 1. The summed E-state index contributed by atoms with van der Waals surface area (Å²) in [5.74, 6) is 0.460. The standard InChI is InChI=1S/C20H20N4O3/c1-2-11-27-16-9-7-14(8-10-16)17-12-18(23-22-17)20(26)24-21-13-15-5-3-4-6-19(15)25/h3-10,12-13,25H,2,11H2,1H3,(H,22,23)(H,24,26)/b21-13+. The third-order valence-electron chi connectivity index (χ3n) is 3.75. The van der Waals surface area contributed by atoms with Gasteiger partial charge < -0.3 is 9.84 Å². The first-order valence-corrected chi connectivity index (χ1v) is 8.57. The zero-order chi connectivity index (χ0) is 19.1. The number of nitrogens with zero attached hydrogens (tertiary/aromatic N) is 2. The average Bonchev–Trinajstić information content (AvgIpc) is 3.18. The van der Waals surface area contributed by atoms with Crippen molar-refractivity contribution in [2.24, 2.45) is 5.10 Å². The Morgan fingerprint density at radius 3 is 2.78 bits per heavy atom. The van der Waals surface area contributed by atoms with E-state index in [1.165, 1.54) is 6.21 Å². The highest BCUT2D eigenvalue weighted by Crippen LogP contribution is 2.21. The molecule has 7 heteroatoms. The minimum absolute atomic E-state index is 0.0886. The largest absolute Gasteiger partial charge is 0.507 e. The summed E-state index contributed by atoms with van der Waals surface area (Å²) >= 11 is 0. The number of ether oxygens (including phenoxy) is 1. The molecule has 27 heavy (non-hydrogen) atoms. The summed E-state index contributed by atoms with van der Waals surface area (Å²) in [5.41, 5.74) is 4.70. The number of benzene rings is 2. The third-order valence-corrected chi connectivity index (χ3v) is 3.75. The fourth-order valence-corrected chi connectivity index (χ4v) is 2.35. The van der Waals surface area contributed by atoms with E-state index in [0.717, 1.165) is 17.7 Å². The summed E-state index contributed by atoms with van der Waals surface area (Å²) in [4.78, 5) is 12.2. The predicted octanol–water partition coefficient (Wildman–Crippen LogP) is 3.34. The SMILES string of the molecule is CCCOc1ccc(-c2cc(C(=O)N/N=C/c3ccccc3O)[nH]n2)cc1. The van der Waals surface area contributed by atoms with Crippen LogP contribution in [0, 0.1) is 0 Å². The van der Waals surface area contributed by atoms with Gasteiger partial charge in [-0.05, 0) is 48.9 Å². The monoisotopic (exact) mass is 364 g/mol. The summed E-state index contributed by atoms with van der Waals surface area (Å²) in [7, 11) is 0. The smallest absolute Gasteiger partial charge is 0.289 e. The van der Waals surface area contributed by atoms with Crippen LogP contribution in [0.4, 0.5) is 0 Å². The molecular weight excluding hydrogens is 344 g/mol. The van der Waals surface area contributed by atoms with Crippen molar-refractivity contribution >= 4 is 12.1 Å². The summed E-state index contributed by atoms with van der Waals surface area (Å²) in [5, 5.41) is 20.4. The number of hydrogen-bond donors (Lipinski definition) is 3. The molecule has 1 amide bonds. The van der Waals surface area contributed by atoms with Crippen molar-refractivity contribution in [3.8, 4) is 22.8 Å². The lowest BCUT2D eigenvalue weighted by Crippen LogP contribution is -2.18. The second kappa shape index (κ2) is 8.66. The Balaban J connectivity index is 1.63. The van der Waals surface area contributed by atoms with Crippen molar-refractivity contribution in [2.75, 3.05) is 6.61 Å². The highest BCUT2D eigenvalue weighted by Gasteiger charge is 2.10. The molecule has 0 aliphatic rings. The molecule has 3 aromatic rings. The normalized spacial score (nSPS) is 10.9. The van der Waals surface area contributed by atoms with Gasteiger partial charge in [-0.1, -0.05) is 19.1 Å². The maximum absolute atomic E-state index is 12.2. The Morgan fingerprint density at radius 1 is 1.26 bits per heavy atom. The summed E-state index contributed by atoms with van der Waals surface area (Å²) in [6.07, 6.45) is 2.32. The van der Waals surface area contributed by atoms with Gasteiger partial charge in [0, 0.05) is 11.1 Å². The highest BCUT2D eigenvalue weighted by atomic mass is 16.5. The van der Waals surface area contributed by atoms with Crippen LogP contribution in [0.15, 0.2) is 59.7 Å². The van der Waals surface area contributed by atoms with E-state index in [-0.39, 0.29) is 11.4 Å².